The van der Waals surface area contributed by atoms with Crippen LogP contribution in [0.25, 0.3) is 0 Å². The van der Waals surface area contributed by atoms with Gasteiger partial charge in [-0.1, -0.05) is 38.1 Å². The van der Waals surface area contributed by atoms with E-state index >= 15 is 0 Å². The first kappa shape index (κ1) is 20.0. The number of aliphatic imine (C=N–C) groups is 1. The summed E-state index contributed by atoms with van der Waals surface area (Å²) in [5.41, 5.74) is 0.125. The average Bonchev–Trinajstić information content (AvgIpc) is 3.19. The number of hydrogen-bond donors (Lipinski definition) is 1. The number of sulfonamides is 1. The third-order valence-electron chi connectivity index (χ3n) is 4.08. The van der Waals surface area contributed by atoms with E-state index in [0.717, 1.165) is 0 Å². The lowest BCUT2D eigenvalue weighted by Crippen LogP contribution is -2.27. The standard InChI is InChI=1S/C18H22N4O5S/c1-10(19-14-12-8-6-7-9-13(12)28(24,25)22-14)16(23)26-11(2)15-20-17(21-27-15)18(3,4)5/h6-11H,1-5H3,(H,19,22)/t10-,11?/m0/s1. The van der Waals surface area contributed by atoms with E-state index in [9.17, 15) is 13.2 Å². The maximum atomic E-state index is 12.4. The minimum Gasteiger partial charge on any atom is -0.451 e. The summed E-state index contributed by atoms with van der Waals surface area (Å²) in [4.78, 5) is 21.0. The Hall–Kier alpha value is -2.75. The van der Waals surface area contributed by atoms with Crippen LogP contribution in [-0.4, -0.2) is 36.4 Å². The topological polar surface area (TPSA) is 124 Å². The summed E-state index contributed by atoms with van der Waals surface area (Å²) >= 11 is 0. The minimum absolute atomic E-state index is 0.112. The molecular weight excluding hydrogens is 384 g/mol. The molecule has 1 aliphatic rings. The van der Waals surface area contributed by atoms with Gasteiger partial charge in [0.1, 0.15) is 11.9 Å². The molecule has 2 heterocycles. The van der Waals surface area contributed by atoms with Gasteiger partial charge in [0, 0.05) is 11.0 Å². The monoisotopic (exact) mass is 406 g/mol. The molecule has 1 aromatic carbocycles. The first-order valence-electron chi connectivity index (χ1n) is 8.73. The molecule has 1 N–H and O–H groups in total. The van der Waals surface area contributed by atoms with Crippen LogP contribution in [-0.2, 0) is 25.0 Å². The van der Waals surface area contributed by atoms with E-state index in [1.807, 2.05) is 20.8 Å². The van der Waals surface area contributed by atoms with Crippen LogP contribution in [0.15, 0.2) is 38.7 Å². The molecule has 0 spiro atoms. The number of benzene rings is 1. The van der Waals surface area contributed by atoms with Crippen molar-refractivity contribution in [3.05, 3.63) is 41.5 Å². The molecule has 0 fully saturated rings. The Bertz CT molecular complexity index is 1040. The number of hydrogen-bond acceptors (Lipinski definition) is 8. The van der Waals surface area contributed by atoms with Gasteiger partial charge in [-0.2, -0.15) is 4.98 Å². The zero-order valence-corrected chi connectivity index (χ0v) is 17.1. The largest absolute Gasteiger partial charge is 0.451 e. The number of fused-ring (bicyclic) bond motifs is 1. The molecule has 1 aromatic heterocycles. The Labute approximate surface area is 163 Å². The van der Waals surface area contributed by atoms with Gasteiger partial charge in [0.05, 0.1) is 4.90 Å². The second-order valence-corrected chi connectivity index (χ2v) is 9.19. The number of aromatic nitrogens is 2. The van der Waals surface area contributed by atoms with Crippen molar-refractivity contribution in [2.24, 2.45) is 4.99 Å². The van der Waals surface area contributed by atoms with E-state index in [1.165, 1.54) is 13.0 Å². The second kappa shape index (κ2) is 7.01. The van der Waals surface area contributed by atoms with Gasteiger partial charge in [-0.15, -0.1) is 0 Å². The SMILES string of the molecule is CC(OC(=O)[C@H](C)N=C1NS(=O)(=O)c2ccccc21)c1nc(C(C)(C)C)no1. The lowest BCUT2D eigenvalue weighted by molar-refractivity contribution is -0.150. The molecule has 0 saturated heterocycles. The molecule has 3 rings (SSSR count). The number of nitrogens with one attached hydrogen (secondary N) is 1. The van der Waals surface area contributed by atoms with Crippen molar-refractivity contribution in [2.75, 3.05) is 0 Å². The highest BCUT2D eigenvalue weighted by atomic mass is 32.2. The molecule has 0 radical (unpaired) electrons. The van der Waals surface area contributed by atoms with Crippen molar-refractivity contribution >= 4 is 21.8 Å². The highest BCUT2D eigenvalue weighted by Gasteiger charge is 2.32. The highest BCUT2D eigenvalue weighted by molar-refractivity contribution is 7.90. The molecule has 1 aliphatic heterocycles. The Kier molecular flexibility index (Phi) is 5.00. The van der Waals surface area contributed by atoms with Gasteiger partial charge in [-0.05, 0) is 26.0 Å². The quantitative estimate of drug-likeness (QED) is 0.771. The number of ether oxygens (including phenoxy) is 1. The van der Waals surface area contributed by atoms with Crippen LogP contribution in [0, 0.1) is 0 Å². The number of esters is 1. The Balaban J connectivity index is 1.73. The van der Waals surface area contributed by atoms with Crippen LogP contribution in [0.4, 0.5) is 0 Å². The summed E-state index contributed by atoms with van der Waals surface area (Å²) in [6.45, 7) is 8.96. The molecule has 0 aliphatic carbocycles. The van der Waals surface area contributed by atoms with Gasteiger partial charge in [-0.3, -0.25) is 9.71 Å². The summed E-state index contributed by atoms with van der Waals surface area (Å²) in [5.74, 6) is 0.167. The molecule has 0 amide bonds. The maximum absolute atomic E-state index is 12.4. The zero-order chi connectivity index (χ0) is 20.7. The minimum atomic E-state index is -3.67. The summed E-state index contributed by atoms with van der Waals surface area (Å²) in [5, 5.41) is 3.90. The van der Waals surface area contributed by atoms with Gasteiger partial charge in [0.15, 0.2) is 11.9 Å². The van der Waals surface area contributed by atoms with Crippen LogP contribution in [0.2, 0.25) is 0 Å². The summed E-state index contributed by atoms with van der Waals surface area (Å²) in [7, 11) is -3.67. The first-order valence-corrected chi connectivity index (χ1v) is 10.2. The van der Waals surface area contributed by atoms with Gasteiger partial charge in [-0.25, -0.2) is 13.2 Å². The van der Waals surface area contributed by atoms with Crippen LogP contribution in [0.3, 0.4) is 0 Å². The summed E-state index contributed by atoms with van der Waals surface area (Å²) < 4.78 is 37.1. The number of amidine groups is 1. The van der Waals surface area contributed by atoms with E-state index in [2.05, 4.69) is 19.9 Å². The smallest absolute Gasteiger partial charge is 0.331 e. The van der Waals surface area contributed by atoms with Gasteiger partial charge in [0.2, 0.25) is 0 Å². The first-order chi connectivity index (χ1) is 13.0. The van der Waals surface area contributed by atoms with E-state index < -0.39 is 28.1 Å². The van der Waals surface area contributed by atoms with Crippen molar-refractivity contribution in [1.29, 1.82) is 0 Å². The number of nitrogens with zero attached hydrogens (tertiary/aromatic N) is 3. The average molecular weight is 406 g/mol. The lowest BCUT2D eigenvalue weighted by atomic mass is 9.96. The predicted octanol–water partition coefficient (Wildman–Crippen LogP) is 2.10. The van der Waals surface area contributed by atoms with Crippen molar-refractivity contribution in [3.8, 4) is 0 Å². The Morgan fingerprint density at radius 2 is 1.93 bits per heavy atom. The lowest BCUT2D eigenvalue weighted by Gasteiger charge is -2.13. The van der Waals surface area contributed by atoms with E-state index in [0.29, 0.717) is 11.4 Å². The summed E-state index contributed by atoms with van der Waals surface area (Å²) in [6.07, 6.45) is -0.758. The highest BCUT2D eigenvalue weighted by Crippen LogP contribution is 2.24. The molecule has 1 unspecified atom stereocenters. The predicted molar refractivity (Wildman–Crippen MR) is 100 cm³/mol. The maximum Gasteiger partial charge on any atom is 0.331 e. The molecule has 0 saturated carbocycles. The molecule has 0 bridgehead atoms. The molecule has 10 heteroatoms. The molecule has 2 atom stereocenters. The Morgan fingerprint density at radius 1 is 1.25 bits per heavy atom. The fraction of sp³-hybridized carbons (Fsp3) is 0.444. The van der Waals surface area contributed by atoms with E-state index in [1.54, 1.807) is 25.1 Å². The summed E-state index contributed by atoms with van der Waals surface area (Å²) in [6, 6.07) is 5.49. The Morgan fingerprint density at radius 3 is 2.57 bits per heavy atom. The molecule has 28 heavy (non-hydrogen) atoms. The number of carbonyl (C=O) groups excluding carboxylic acids is 1. The molecule has 9 nitrogen and oxygen atoms in total. The normalized spacial score (nSPS) is 19.0. The molecule has 150 valence electrons. The van der Waals surface area contributed by atoms with Crippen LogP contribution in [0.1, 0.15) is 58.0 Å². The number of rotatable bonds is 4. The van der Waals surface area contributed by atoms with Gasteiger partial charge >= 0.3 is 5.97 Å². The second-order valence-electron chi connectivity index (χ2n) is 7.54. The fourth-order valence-electron chi connectivity index (χ4n) is 2.50. The van der Waals surface area contributed by atoms with Crippen LogP contribution in [0.5, 0.6) is 0 Å². The third-order valence-corrected chi connectivity index (χ3v) is 5.48. The van der Waals surface area contributed by atoms with E-state index in [4.69, 9.17) is 9.26 Å². The van der Waals surface area contributed by atoms with E-state index in [-0.39, 0.29) is 22.0 Å². The van der Waals surface area contributed by atoms with Crippen molar-refractivity contribution < 1.29 is 22.5 Å². The van der Waals surface area contributed by atoms with Gasteiger partial charge < -0.3 is 9.26 Å². The van der Waals surface area contributed by atoms with Crippen molar-refractivity contribution in [2.45, 2.75) is 57.1 Å². The van der Waals surface area contributed by atoms with Crippen LogP contribution < -0.4 is 4.72 Å². The van der Waals surface area contributed by atoms with Crippen LogP contribution >= 0.6 is 0 Å². The zero-order valence-electron chi connectivity index (χ0n) is 16.3. The fourth-order valence-corrected chi connectivity index (χ4v) is 3.74. The number of carbonyl (C=O) groups is 1. The van der Waals surface area contributed by atoms with Crippen molar-refractivity contribution in [3.63, 3.8) is 0 Å². The van der Waals surface area contributed by atoms with Crippen molar-refractivity contribution in [1.82, 2.24) is 14.9 Å². The molecular formula is C18H22N4O5S. The molecule has 2 aromatic rings. The third kappa shape index (κ3) is 3.91. The van der Waals surface area contributed by atoms with Gasteiger partial charge in [0.25, 0.3) is 15.9 Å².